The minimum absolute atomic E-state index is 0.276. The lowest BCUT2D eigenvalue weighted by Crippen LogP contribution is -2.41. The molecule has 1 N–H and O–H groups in total. The van der Waals surface area contributed by atoms with Gasteiger partial charge in [0.05, 0.1) is 18.6 Å². The molecule has 0 atom stereocenters. The fourth-order valence-electron chi connectivity index (χ4n) is 1.19. The Morgan fingerprint density at radius 1 is 1.65 bits per heavy atom. The van der Waals surface area contributed by atoms with E-state index in [4.69, 9.17) is 4.74 Å². The van der Waals surface area contributed by atoms with Crippen molar-refractivity contribution in [3.05, 3.63) is 24.8 Å². The summed E-state index contributed by atoms with van der Waals surface area (Å²) in [5.41, 5.74) is 0.534. The maximum Gasteiger partial charge on any atom is 0.407 e. The highest BCUT2D eigenvalue weighted by Crippen LogP contribution is 2.00. The molecule has 0 spiro atoms. The Morgan fingerprint density at radius 2 is 2.35 bits per heavy atom. The number of amides is 1. The molecule has 1 aromatic rings. The summed E-state index contributed by atoms with van der Waals surface area (Å²) in [5.74, 6) is 0. The molecule has 0 aliphatic carbocycles. The molecule has 0 aromatic carbocycles. The van der Waals surface area contributed by atoms with Crippen LogP contribution in [0.25, 0.3) is 6.08 Å². The second-order valence-electron chi connectivity index (χ2n) is 4.75. The van der Waals surface area contributed by atoms with Crippen molar-refractivity contribution in [3.63, 3.8) is 0 Å². The molecular formula is C12H19N3O2. The molecule has 94 valence electrons. The van der Waals surface area contributed by atoms with E-state index in [-0.39, 0.29) is 5.54 Å². The van der Waals surface area contributed by atoms with Crippen molar-refractivity contribution in [1.82, 2.24) is 14.9 Å². The van der Waals surface area contributed by atoms with Gasteiger partial charge in [-0.2, -0.15) is 0 Å². The van der Waals surface area contributed by atoms with E-state index in [1.165, 1.54) is 0 Å². The molecule has 0 unspecified atom stereocenters. The third-order valence-electron chi connectivity index (χ3n) is 1.92. The summed E-state index contributed by atoms with van der Waals surface area (Å²) in [6.45, 7) is 10.2. The highest BCUT2D eigenvalue weighted by atomic mass is 16.5. The average molecular weight is 237 g/mol. The molecule has 0 fully saturated rings. The van der Waals surface area contributed by atoms with Gasteiger partial charge in [0.2, 0.25) is 0 Å². The number of carbonyl (C=O) groups is 1. The van der Waals surface area contributed by atoms with Gasteiger partial charge in [-0.1, -0.05) is 6.58 Å². The molecule has 0 saturated heterocycles. The normalized spacial score (nSPS) is 11.0. The molecular weight excluding hydrogens is 218 g/mol. The summed E-state index contributed by atoms with van der Waals surface area (Å²) in [6, 6.07) is 0. The van der Waals surface area contributed by atoms with E-state index in [1.54, 1.807) is 12.4 Å². The molecule has 1 heterocycles. The van der Waals surface area contributed by atoms with Crippen molar-refractivity contribution < 1.29 is 9.53 Å². The molecule has 0 aliphatic heterocycles. The zero-order valence-corrected chi connectivity index (χ0v) is 10.6. The van der Waals surface area contributed by atoms with E-state index in [2.05, 4.69) is 16.9 Å². The van der Waals surface area contributed by atoms with E-state index < -0.39 is 6.09 Å². The largest absolute Gasteiger partial charge is 0.448 e. The number of hydrogen-bond donors (Lipinski definition) is 1. The maximum absolute atomic E-state index is 11.3. The Morgan fingerprint density at radius 3 is 2.88 bits per heavy atom. The van der Waals surface area contributed by atoms with Gasteiger partial charge in [-0.15, -0.1) is 0 Å². The van der Waals surface area contributed by atoms with Crippen LogP contribution in [0.2, 0.25) is 0 Å². The molecule has 0 saturated carbocycles. The second-order valence-corrected chi connectivity index (χ2v) is 4.75. The predicted octanol–water partition coefficient (Wildman–Crippen LogP) is 2.05. The molecule has 1 rings (SSSR count). The molecule has 17 heavy (non-hydrogen) atoms. The first kappa shape index (κ1) is 13.3. The van der Waals surface area contributed by atoms with E-state index in [9.17, 15) is 4.79 Å². The first-order valence-electron chi connectivity index (χ1n) is 5.50. The predicted molar refractivity (Wildman–Crippen MR) is 66.6 cm³/mol. The van der Waals surface area contributed by atoms with Crippen LogP contribution in [0.4, 0.5) is 4.79 Å². The van der Waals surface area contributed by atoms with Crippen molar-refractivity contribution >= 4 is 12.2 Å². The van der Waals surface area contributed by atoms with Crippen LogP contribution in [0.15, 0.2) is 19.1 Å². The summed E-state index contributed by atoms with van der Waals surface area (Å²) in [7, 11) is 0. The van der Waals surface area contributed by atoms with Crippen molar-refractivity contribution in [3.8, 4) is 0 Å². The average Bonchev–Trinajstić information content (AvgIpc) is 2.63. The van der Waals surface area contributed by atoms with Gasteiger partial charge in [-0.05, 0) is 26.8 Å². The fourth-order valence-corrected chi connectivity index (χ4v) is 1.19. The van der Waals surface area contributed by atoms with Crippen LogP contribution in [0.1, 0.15) is 26.5 Å². The Labute approximate surface area is 101 Å². The third-order valence-corrected chi connectivity index (χ3v) is 1.92. The van der Waals surface area contributed by atoms with Gasteiger partial charge in [0.1, 0.15) is 6.61 Å². The van der Waals surface area contributed by atoms with Crippen LogP contribution in [-0.4, -0.2) is 27.8 Å². The smallest absolute Gasteiger partial charge is 0.407 e. The number of nitrogens with one attached hydrogen (secondary N) is 1. The zero-order valence-electron chi connectivity index (χ0n) is 10.6. The minimum atomic E-state index is -0.401. The number of imidazole rings is 1. The minimum Gasteiger partial charge on any atom is -0.448 e. The van der Waals surface area contributed by atoms with Gasteiger partial charge in [-0.3, -0.25) is 0 Å². The number of hydrogen-bond acceptors (Lipinski definition) is 3. The summed E-state index contributed by atoms with van der Waals surface area (Å²) < 4.78 is 6.89. The monoisotopic (exact) mass is 237 g/mol. The highest BCUT2D eigenvalue weighted by molar-refractivity contribution is 5.67. The molecule has 1 aromatic heterocycles. The van der Waals surface area contributed by atoms with Gasteiger partial charge >= 0.3 is 6.09 Å². The van der Waals surface area contributed by atoms with Gasteiger partial charge in [0, 0.05) is 11.7 Å². The van der Waals surface area contributed by atoms with Crippen LogP contribution >= 0.6 is 0 Å². The summed E-state index contributed by atoms with van der Waals surface area (Å²) in [6.07, 6.45) is 4.80. The van der Waals surface area contributed by atoms with E-state index >= 15 is 0 Å². The molecule has 5 heteroatoms. The maximum atomic E-state index is 11.3. The fraction of sp³-hybridized carbons (Fsp3) is 0.500. The van der Waals surface area contributed by atoms with Crippen molar-refractivity contribution in [2.24, 2.45) is 0 Å². The van der Waals surface area contributed by atoms with Crippen molar-refractivity contribution in [2.45, 2.75) is 32.9 Å². The van der Waals surface area contributed by atoms with Crippen molar-refractivity contribution in [1.29, 1.82) is 0 Å². The number of aromatic nitrogens is 2. The first-order chi connectivity index (χ1) is 7.90. The Balaban J connectivity index is 2.28. The van der Waals surface area contributed by atoms with E-state index in [0.717, 1.165) is 5.69 Å². The Hall–Kier alpha value is -1.78. The van der Waals surface area contributed by atoms with Crippen LogP contribution in [0.3, 0.4) is 0 Å². The molecule has 0 radical (unpaired) electrons. The Kier molecular flexibility index (Phi) is 4.31. The summed E-state index contributed by atoms with van der Waals surface area (Å²) >= 11 is 0. The van der Waals surface area contributed by atoms with E-state index in [1.807, 2.05) is 31.5 Å². The lowest BCUT2D eigenvalue weighted by molar-refractivity contribution is 0.133. The first-order valence-corrected chi connectivity index (χ1v) is 5.50. The topological polar surface area (TPSA) is 56.1 Å². The van der Waals surface area contributed by atoms with Gasteiger partial charge in [0.25, 0.3) is 0 Å². The van der Waals surface area contributed by atoms with Crippen molar-refractivity contribution in [2.75, 3.05) is 6.61 Å². The number of alkyl carbamates (subject to hydrolysis) is 1. The molecule has 0 aliphatic rings. The summed E-state index contributed by atoms with van der Waals surface area (Å²) in [5, 5.41) is 2.72. The SMILES string of the molecule is C=Cc1cn(CCOC(=O)NC(C)(C)C)cn1. The zero-order chi connectivity index (χ0) is 12.9. The highest BCUT2D eigenvalue weighted by Gasteiger charge is 2.14. The van der Waals surface area contributed by atoms with Crippen LogP contribution in [0, 0.1) is 0 Å². The standard InChI is InChI=1S/C12H19N3O2/c1-5-10-8-15(9-13-10)6-7-17-11(16)14-12(2,3)4/h5,8-9H,1,6-7H2,2-4H3,(H,14,16). The summed E-state index contributed by atoms with van der Waals surface area (Å²) in [4.78, 5) is 15.4. The van der Waals surface area contributed by atoms with Crippen LogP contribution in [0.5, 0.6) is 0 Å². The number of ether oxygens (including phenoxy) is 1. The second kappa shape index (κ2) is 5.52. The van der Waals surface area contributed by atoms with Gasteiger partial charge < -0.3 is 14.6 Å². The number of carbonyl (C=O) groups excluding carboxylic acids is 1. The number of rotatable bonds is 4. The lowest BCUT2D eigenvalue weighted by Gasteiger charge is -2.19. The molecule has 0 bridgehead atoms. The van der Waals surface area contributed by atoms with E-state index in [0.29, 0.717) is 13.2 Å². The van der Waals surface area contributed by atoms with Gasteiger partial charge in [-0.25, -0.2) is 9.78 Å². The lowest BCUT2D eigenvalue weighted by atomic mass is 10.1. The Bertz CT molecular complexity index is 391. The van der Waals surface area contributed by atoms with Crippen LogP contribution in [-0.2, 0) is 11.3 Å². The van der Waals surface area contributed by atoms with Gasteiger partial charge in [0.15, 0.2) is 0 Å². The van der Waals surface area contributed by atoms with Crippen LogP contribution < -0.4 is 5.32 Å². The number of nitrogens with zero attached hydrogens (tertiary/aromatic N) is 2. The third kappa shape index (κ3) is 5.19. The quantitative estimate of drug-likeness (QED) is 0.872. The molecule has 5 nitrogen and oxygen atoms in total. The molecule has 1 amide bonds.